The van der Waals surface area contributed by atoms with Crippen LogP contribution < -0.4 is 14.2 Å². The molecule has 0 fully saturated rings. The van der Waals surface area contributed by atoms with E-state index in [1.807, 2.05) is 18.2 Å². The molecule has 22 heavy (non-hydrogen) atoms. The first-order valence-electron chi connectivity index (χ1n) is 6.80. The largest absolute Gasteiger partial charge is 0.493 e. The fourth-order valence-corrected chi connectivity index (χ4v) is 2.16. The Morgan fingerprint density at radius 2 is 1.73 bits per heavy atom. The number of hydrogen-bond acceptors (Lipinski definition) is 4. The van der Waals surface area contributed by atoms with Gasteiger partial charge in [-0.1, -0.05) is 29.8 Å². The Labute approximate surface area is 134 Å². The molecule has 0 unspecified atom stereocenters. The van der Waals surface area contributed by atoms with Gasteiger partial charge in [-0.15, -0.1) is 0 Å². The minimum atomic E-state index is -0.331. The van der Waals surface area contributed by atoms with E-state index in [-0.39, 0.29) is 12.4 Å². The van der Waals surface area contributed by atoms with E-state index in [1.54, 1.807) is 38.5 Å². The molecule has 0 bridgehead atoms. The summed E-state index contributed by atoms with van der Waals surface area (Å²) in [6, 6.07) is 12.4. The molecule has 0 aliphatic heterocycles. The van der Waals surface area contributed by atoms with Crippen LogP contribution in [0.25, 0.3) is 0 Å². The van der Waals surface area contributed by atoms with Gasteiger partial charge in [-0.05, 0) is 36.2 Å². The third kappa shape index (κ3) is 4.15. The van der Waals surface area contributed by atoms with E-state index < -0.39 is 0 Å². The highest BCUT2D eigenvalue weighted by atomic mass is 35.5. The molecule has 0 aromatic heterocycles. The number of carbonyl (C=O) groups is 1. The molecular weight excluding hydrogens is 304 g/mol. The molecule has 0 radical (unpaired) electrons. The van der Waals surface area contributed by atoms with Crippen molar-refractivity contribution in [2.45, 2.75) is 12.8 Å². The number of halogens is 1. The summed E-state index contributed by atoms with van der Waals surface area (Å²) in [6.45, 7) is 0. The predicted molar refractivity (Wildman–Crippen MR) is 85.0 cm³/mol. The zero-order valence-corrected chi connectivity index (χ0v) is 13.2. The zero-order valence-electron chi connectivity index (χ0n) is 12.5. The number of hydrogen-bond donors (Lipinski definition) is 0. The van der Waals surface area contributed by atoms with Crippen LogP contribution in [0.2, 0.25) is 5.02 Å². The van der Waals surface area contributed by atoms with E-state index in [2.05, 4.69) is 0 Å². The molecule has 4 nitrogen and oxygen atoms in total. The van der Waals surface area contributed by atoms with Gasteiger partial charge in [0.2, 0.25) is 0 Å². The molecule has 0 saturated carbocycles. The summed E-state index contributed by atoms with van der Waals surface area (Å²) in [5.74, 6) is 1.34. The minimum Gasteiger partial charge on any atom is -0.493 e. The number of methoxy groups -OCH3 is 2. The van der Waals surface area contributed by atoms with Crippen LogP contribution in [0, 0.1) is 0 Å². The maximum atomic E-state index is 11.9. The van der Waals surface area contributed by atoms with Crippen LogP contribution in [0.15, 0.2) is 42.5 Å². The van der Waals surface area contributed by atoms with Gasteiger partial charge in [0.05, 0.1) is 19.2 Å². The molecule has 5 heteroatoms. The van der Waals surface area contributed by atoms with Crippen molar-refractivity contribution in [3.63, 3.8) is 0 Å². The zero-order chi connectivity index (χ0) is 15.9. The van der Waals surface area contributed by atoms with E-state index >= 15 is 0 Å². The molecule has 0 aliphatic rings. The predicted octanol–water partition coefficient (Wildman–Crippen LogP) is 3.90. The van der Waals surface area contributed by atoms with Gasteiger partial charge in [0.25, 0.3) is 0 Å². The highest BCUT2D eigenvalue weighted by Crippen LogP contribution is 2.28. The molecule has 2 rings (SSSR count). The Bertz CT molecular complexity index is 655. The van der Waals surface area contributed by atoms with E-state index in [0.717, 1.165) is 5.56 Å². The van der Waals surface area contributed by atoms with Crippen molar-refractivity contribution in [2.24, 2.45) is 0 Å². The molecule has 0 heterocycles. The lowest BCUT2D eigenvalue weighted by atomic mass is 10.1. The topological polar surface area (TPSA) is 44.8 Å². The average Bonchev–Trinajstić information content (AvgIpc) is 2.54. The van der Waals surface area contributed by atoms with Gasteiger partial charge >= 0.3 is 5.97 Å². The molecule has 2 aromatic carbocycles. The number of rotatable bonds is 6. The molecule has 0 aliphatic carbocycles. The standard InChI is InChI=1S/C17H17ClO4/c1-20-15-9-7-12(11-16(15)21-2)8-10-17(19)22-14-6-4-3-5-13(14)18/h3-7,9,11H,8,10H2,1-2H3. The second-order valence-electron chi connectivity index (χ2n) is 4.59. The number of aryl methyl sites for hydroxylation is 1. The third-order valence-electron chi connectivity index (χ3n) is 3.13. The van der Waals surface area contributed by atoms with E-state index in [9.17, 15) is 4.79 Å². The molecule has 0 N–H and O–H groups in total. The number of benzene rings is 2. The maximum Gasteiger partial charge on any atom is 0.311 e. The normalized spacial score (nSPS) is 10.1. The molecule has 0 amide bonds. The van der Waals surface area contributed by atoms with Crippen LogP contribution in [0.3, 0.4) is 0 Å². The van der Waals surface area contributed by atoms with Gasteiger partial charge in [-0.2, -0.15) is 0 Å². The lowest BCUT2D eigenvalue weighted by Gasteiger charge is -2.09. The Morgan fingerprint density at radius 1 is 1.00 bits per heavy atom. The molecule has 0 saturated heterocycles. The Morgan fingerprint density at radius 3 is 2.41 bits per heavy atom. The van der Waals surface area contributed by atoms with Crippen LogP contribution in [0.5, 0.6) is 17.2 Å². The Balaban J connectivity index is 1.95. The van der Waals surface area contributed by atoms with Gasteiger partial charge < -0.3 is 14.2 Å². The van der Waals surface area contributed by atoms with Crippen molar-refractivity contribution in [1.29, 1.82) is 0 Å². The first-order chi connectivity index (χ1) is 10.6. The second-order valence-corrected chi connectivity index (χ2v) is 5.00. The van der Waals surface area contributed by atoms with Gasteiger partial charge in [0.15, 0.2) is 11.5 Å². The second kappa shape index (κ2) is 7.71. The maximum absolute atomic E-state index is 11.9. The first-order valence-corrected chi connectivity index (χ1v) is 7.18. The summed E-state index contributed by atoms with van der Waals surface area (Å²) in [7, 11) is 3.16. The summed E-state index contributed by atoms with van der Waals surface area (Å²) >= 11 is 5.95. The summed E-state index contributed by atoms with van der Waals surface area (Å²) in [5, 5.41) is 0.418. The molecule has 116 valence electrons. The number of carbonyl (C=O) groups excluding carboxylic acids is 1. The third-order valence-corrected chi connectivity index (χ3v) is 3.44. The van der Waals surface area contributed by atoms with Crippen LogP contribution in [-0.2, 0) is 11.2 Å². The van der Waals surface area contributed by atoms with Crippen molar-refractivity contribution < 1.29 is 19.0 Å². The molecular formula is C17H17ClO4. The SMILES string of the molecule is COc1ccc(CCC(=O)Oc2ccccc2Cl)cc1OC. The fraction of sp³-hybridized carbons (Fsp3) is 0.235. The van der Waals surface area contributed by atoms with Crippen LogP contribution >= 0.6 is 11.6 Å². The summed E-state index contributed by atoms with van der Waals surface area (Å²) < 4.78 is 15.7. The van der Waals surface area contributed by atoms with Crippen LogP contribution in [0.4, 0.5) is 0 Å². The van der Waals surface area contributed by atoms with Gasteiger partial charge in [0.1, 0.15) is 5.75 Å². The van der Waals surface area contributed by atoms with Crippen LogP contribution in [-0.4, -0.2) is 20.2 Å². The number of ether oxygens (including phenoxy) is 3. The van der Waals surface area contributed by atoms with Crippen molar-refractivity contribution in [2.75, 3.05) is 14.2 Å². The summed E-state index contributed by atoms with van der Waals surface area (Å²) in [4.78, 5) is 11.9. The average molecular weight is 321 g/mol. The lowest BCUT2D eigenvalue weighted by Crippen LogP contribution is -2.09. The Hall–Kier alpha value is -2.20. The monoisotopic (exact) mass is 320 g/mol. The van der Waals surface area contributed by atoms with Crippen molar-refractivity contribution in [3.8, 4) is 17.2 Å². The molecule has 0 atom stereocenters. The first kappa shape index (κ1) is 16.2. The Kier molecular flexibility index (Phi) is 5.67. The van der Waals surface area contributed by atoms with Gasteiger partial charge in [0, 0.05) is 6.42 Å². The highest BCUT2D eigenvalue weighted by Gasteiger charge is 2.10. The number of esters is 1. The van der Waals surface area contributed by atoms with Crippen molar-refractivity contribution in [3.05, 3.63) is 53.1 Å². The minimum absolute atomic E-state index is 0.251. The van der Waals surface area contributed by atoms with E-state index in [4.69, 9.17) is 25.8 Å². The van der Waals surface area contributed by atoms with Gasteiger partial charge in [-0.25, -0.2) is 0 Å². The lowest BCUT2D eigenvalue weighted by molar-refractivity contribution is -0.134. The van der Waals surface area contributed by atoms with E-state index in [1.165, 1.54) is 0 Å². The molecule has 0 spiro atoms. The fourth-order valence-electron chi connectivity index (χ4n) is 1.98. The quantitative estimate of drug-likeness (QED) is 0.598. The highest BCUT2D eigenvalue weighted by molar-refractivity contribution is 6.32. The summed E-state index contributed by atoms with van der Waals surface area (Å²) in [6.07, 6.45) is 0.796. The van der Waals surface area contributed by atoms with Gasteiger partial charge in [-0.3, -0.25) is 4.79 Å². The summed E-state index contributed by atoms with van der Waals surface area (Å²) in [5.41, 5.74) is 0.966. The van der Waals surface area contributed by atoms with Crippen molar-refractivity contribution >= 4 is 17.6 Å². The number of para-hydroxylation sites is 1. The van der Waals surface area contributed by atoms with E-state index in [0.29, 0.717) is 28.7 Å². The smallest absolute Gasteiger partial charge is 0.311 e. The van der Waals surface area contributed by atoms with Crippen LogP contribution in [0.1, 0.15) is 12.0 Å². The molecule has 2 aromatic rings. The van der Waals surface area contributed by atoms with Crippen molar-refractivity contribution in [1.82, 2.24) is 0 Å².